The number of carbonyl (C=O) groups excluding carboxylic acids is 1. The highest BCUT2D eigenvalue weighted by atomic mass is 19.4. The van der Waals surface area contributed by atoms with Crippen LogP contribution in [0.15, 0.2) is 18.2 Å². The zero-order chi connectivity index (χ0) is 17.6. The SMILES string of the molecule is Cc1ccc(F)cc1C(=O)N1CCC(C(F)(F)F)(C(F)(F)F)C1. The number of alkyl halides is 6. The molecule has 0 radical (unpaired) electrons. The quantitative estimate of drug-likeness (QED) is 0.704. The maximum Gasteiger partial charge on any atom is 0.404 e. The highest BCUT2D eigenvalue weighted by Gasteiger charge is 2.72. The Kier molecular flexibility index (Phi) is 4.11. The van der Waals surface area contributed by atoms with Crippen LogP contribution in [0.25, 0.3) is 0 Å². The van der Waals surface area contributed by atoms with E-state index >= 15 is 0 Å². The molecule has 1 aromatic carbocycles. The van der Waals surface area contributed by atoms with Crippen molar-refractivity contribution in [2.45, 2.75) is 25.7 Å². The zero-order valence-corrected chi connectivity index (χ0v) is 11.9. The summed E-state index contributed by atoms with van der Waals surface area (Å²) in [4.78, 5) is 12.7. The fourth-order valence-electron chi connectivity index (χ4n) is 2.60. The van der Waals surface area contributed by atoms with Gasteiger partial charge in [0, 0.05) is 18.7 Å². The first-order chi connectivity index (χ1) is 10.4. The van der Waals surface area contributed by atoms with Crippen molar-refractivity contribution in [2.75, 3.05) is 13.1 Å². The molecular weight excluding hydrogens is 331 g/mol. The molecule has 2 nitrogen and oxygen atoms in total. The monoisotopic (exact) mass is 343 g/mol. The Balaban J connectivity index is 2.35. The standard InChI is InChI=1S/C14H12F7NO/c1-8-2-3-9(15)6-10(8)11(23)22-5-4-12(7-22,13(16,17)18)14(19,20)21/h2-3,6H,4-5,7H2,1H3. The zero-order valence-electron chi connectivity index (χ0n) is 11.9. The van der Waals surface area contributed by atoms with Crippen molar-refractivity contribution in [3.63, 3.8) is 0 Å². The summed E-state index contributed by atoms with van der Waals surface area (Å²) in [6, 6.07) is 3.09. The highest BCUT2D eigenvalue weighted by Crippen LogP contribution is 2.55. The number of halogens is 7. The average Bonchev–Trinajstić information content (AvgIpc) is 2.86. The molecule has 1 heterocycles. The largest absolute Gasteiger partial charge is 0.404 e. The minimum absolute atomic E-state index is 0.245. The van der Waals surface area contributed by atoms with E-state index in [0.717, 1.165) is 12.1 Å². The van der Waals surface area contributed by atoms with Gasteiger partial charge in [-0.1, -0.05) is 6.07 Å². The van der Waals surface area contributed by atoms with Crippen molar-refractivity contribution < 1.29 is 35.5 Å². The number of amides is 1. The number of rotatable bonds is 1. The molecule has 0 aliphatic carbocycles. The number of aryl methyl sites for hydroxylation is 1. The number of hydrogen-bond donors (Lipinski definition) is 0. The average molecular weight is 343 g/mol. The van der Waals surface area contributed by atoms with E-state index in [-0.39, 0.29) is 11.1 Å². The Morgan fingerprint density at radius 3 is 2.17 bits per heavy atom. The molecule has 9 heteroatoms. The van der Waals surface area contributed by atoms with Crippen molar-refractivity contribution in [1.29, 1.82) is 0 Å². The van der Waals surface area contributed by atoms with Gasteiger partial charge in [0.1, 0.15) is 5.82 Å². The van der Waals surface area contributed by atoms with Crippen LogP contribution in [0.1, 0.15) is 22.3 Å². The first kappa shape index (κ1) is 17.6. The molecular formula is C14H12F7NO. The molecule has 23 heavy (non-hydrogen) atoms. The lowest BCUT2D eigenvalue weighted by Gasteiger charge is -2.33. The molecule has 1 aromatic rings. The first-order valence-corrected chi connectivity index (χ1v) is 6.58. The molecule has 0 unspecified atom stereocenters. The summed E-state index contributed by atoms with van der Waals surface area (Å²) >= 11 is 0. The summed E-state index contributed by atoms with van der Waals surface area (Å²) in [7, 11) is 0. The summed E-state index contributed by atoms with van der Waals surface area (Å²) < 4.78 is 91.1. The van der Waals surface area contributed by atoms with E-state index in [9.17, 15) is 35.5 Å². The molecule has 0 saturated carbocycles. The Morgan fingerprint density at radius 1 is 1.13 bits per heavy atom. The van der Waals surface area contributed by atoms with Crippen molar-refractivity contribution in [1.82, 2.24) is 4.90 Å². The van der Waals surface area contributed by atoms with Crippen molar-refractivity contribution in [3.8, 4) is 0 Å². The minimum atomic E-state index is -5.53. The predicted octanol–water partition coefficient (Wildman–Crippen LogP) is 4.09. The van der Waals surface area contributed by atoms with E-state index < -0.39 is 49.0 Å². The van der Waals surface area contributed by atoms with Crippen LogP contribution in [0.4, 0.5) is 30.7 Å². The summed E-state index contributed by atoms with van der Waals surface area (Å²) in [5.41, 5.74) is -3.92. The smallest absolute Gasteiger partial charge is 0.337 e. The third kappa shape index (κ3) is 2.88. The molecule has 1 amide bonds. The molecule has 1 saturated heterocycles. The minimum Gasteiger partial charge on any atom is -0.337 e. The van der Waals surface area contributed by atoms with Gasteiger partial charge in [-0.15, -0.1) is 0 Å². The number of hydrogen-bond acceptors (Lipinski definition) is 1. The van der Waals surface area contributed by atoms with E-state index in [1.165, 1.54) is 13.0 Å². The van der Waals surface area contributed by atoms with Crippen LogP contribution in [0, 0.1) is 18.2 Å². The Hall–Kier alpha value is -1.80. The van der Waals surface area contributed by atoms with E-state index in [2.05, 4.69) is 0 Å². The maximum atomic E-state index is 13.2. The Bertz CT molecular complexity index is 607. The topological polar surface area (TPSA) is 20.3 Å². The molecule has 2 rings (SSSR count). The van der Waals surface area contributed by atoms with Crippen LogP contribution in [0.3, 0.4) is 0 Å². The maximum absolute atomic E-state index is 13.2. The van der Waals surface area contributed by atoms with Gasteiger partial charge in [0.2, 0.25) is 0 Å². The molecule has 0 N–H and O–H groups in total. The van der Waals surface area contributed by atoms with E-state index in [1.54, 1.807) is 0 Å². The lowest BCUT2D eigenvalue weighted by atomic mass is 9.85. The second kappa shape index (κ2) is 5.38. The highest BCUT2D eigenvalue weighted by molar-refractivity contribution is 5.95. The molecule has 1 fully saturated rings. The number of likely N-dealkylation sites (tertiary alicyclic amines) is 1. The van der Waals surface area contributed by atoms with Crippen LogP contribution in [0.2, 0.25) is 0 Å². The molecule has 0 atom stereocenters. The van der Waals surface area contributed by atoms with Crippen molar-refractivity contribution in [2.24, 2.45) is 5.41 Å². The number of carbonyl (C=O) groups is 1. The second-order valence-corrected chi connectivity index (χ2v) is 5.51. The summed E-state index contributed by atoms with van der Waals surface area (Å²) in [5, 5.41) is 0. The molecule has 1 aliphatic heterocycles. The van der Waals surface area contributed by atoms with Gasteiger partial charge < -0.3 is 4.90 Å². The normalized spacial score (nSPS) is 18.3. The summed E-state index contributed by atoms with van der Waals surface area (Å²) in [6.07, 6.45) is -12.3. The van der Waals surface area contributed by atoms with E-state index in [4.69, 9.17) is 0 Å². The predicted molar refractivity (Wildman–Crippen MR) is 66.2 cm³/mol. The van der Waals surface area contributed by atoms with Gasteiger partial charge in [0.25, 0.3) is 5.91 Å². The van der Waals surface area contributed by atoms with Crippen LogP contribution in [-0.4, -0.2) is 36.2 Å². The molecule has 0 aromatic heterocycles. The van der Waals surface area contributed by atoms with E-state index in [1.807, 2.05) is 0 Å². The third-order valence-electron chi connectivity index (χ3n) is 4.07. The second-order valence-electron chi connectivity index (χ2n) is 5.51. The molecule has 0 bridgehead atoms. The Morgan fingerprint density at radius 2 is 1.70 bits per heavy atom. The van der Waals surface area contributed by atoms with Crippen LogP contribution < -0.4 is 0 Å². The van der Waals surface area contributed by atoms with Gasteiger partial charge in [-0.2, -0.15) is 26.3 Å². The van der Waals surface area contributed by atoms with Gasteiger partial charge in [-0.05, 0) is 31.0 Å². The number of nitrogens with zero attached hydrogens (tertiary/aromatic N) is 1. The Labute approximate surface area is 126 Å². The first-order valence-electron chi connectivity index (χ1n) is 6.58. The number of benzene rings is 1. The third-order valence-corrected chi connectivity index (χ3v) is 4.07. The lowest BCUT2D eigenvalue weighted by molar-refractivity contribution is -0.334. The van der Waals surface area contributed by atoms with Crippen LogP contribution in [0.5, 0.6) is 0 Å². The van der Waals surface area contributed by atoms with Gasteiger partial charge in [-0.25, -0.2) is 4.39 Å². The summed E-state index contributed by atoms with van der Waals surface area (Å²) in [5.74, 6) is -1.84. The summed E-state index contributed by atoms with van der Waals surface area (Å²) in [6.45, 7) is -0.799. The van der Waals surface area contributed by atoms with Crippen LogP contribution in [-0.2, 0) is 0 Å². The van der Waals surface area contributed by atoms with Crippen molar-refractivity contribution in [3.05, 3.63) is 35.1 Å². The molecule has 1 aliphatic rings. The lowest BCUT2D eigenvalue weighted by Crippen LogP contribution is -2.52. The molecule has 128 valence electrons. The fourth-order valence-corrected chi connectivity index (χ4v) is 2.60. The van der Waals surface area contributed by atoms with Gasteiger partial charge in [0.15, 0.2) is 5.41 Å². The fraction of sp³-hybridized carbons (Fsp3) is 0.500. The van der Waals surface area contributed by atoms with Crippen molar-refractivity contribution >= 4 is 5.91 Å². The molecule has 0 spiro atoms. The van der Waals surface area contributed by atoms with E-state index in [0.29, 0.717) is 4.90 Å². The van der Waals surface area contributed by atoms with Gasteiger partial charge in [-0.3, -0.25) is 4.79 Å². The van der Waals surface area contributed by atoms with Crippen LogP contribution >= 0.6 is 0 Å². The van der Waals surface area contributed by atoms with Gasteiger partial charge >= 0.3 is 12.4 Å². The van der Waals surface area contributed by atoms with Gasteiger partial charge in [0.05, 0.1) is 0 Å².